The summed E-state index contributed by atoms with van der Waals surface area (Å²) in [4.78, 5) is 13.5. The molecule has 0 radical (unpaired) electrons. The highest BCUT2D eigenvalue weighted by Gasteiger charge is 2.45. The number of imidazole rings is 1. The number of ether oxygens (including phenoxy) is 1. The predicted octanol–water partition coefficient (Wildman–Crippen LogP) is 0.368. The molecule has 11 heteroatoms. The van der Waals surface area contributed by atoms with E-state index < -0.39 is 31.1 Å². The zero-order valence-electron chi connectivity index (χ0n) is 16.4. The molecule has 1 unspecified atom stereocenters. The molecular formula is C19H25N7O4. The van der Waals surface area contributed by atoms with Crippen molar-refractivity contribution in [3.05, 3.63) is 24.8 Å². The van der Waals surface area contributed by atoms with Crippen LogP contribution in [0.25, 0.3) is 17.1 Å². The van der Waals surface area contributed by atoms with Gasteiger partial charge < -0.3 is 25.4 Å². The first-order chi connectivity index (χ1) is 14.7. The Balaban J connectivity index is 1.61. The Bertz CT molecular complexity index is 1000. The van der Waals surface area contributed by atoms with Gasteiger partial charge in [-0.25, -0.2) is 19.6 Å². The van der Waals surface area contributed by atoms with Gasteiger partial charge in [0.15, 0.2) is 23.2 Å². The summed E-state index contributed by atoms with van der Waals surface area (Å²) in [6.07, 6.45) is 6.16. The number of fused-ring (bicyclic) bond motifs is 1. The summed E-state index contributed by atoms with van der Waals surface area (Å²) in [6.45, 7) is -0.415. The number of rotatable bonds is 5. The first kappa shape index (κ1) is 19.4. The van der Waals surface area contributed by atoms with Crippen LogP contribution in [0, 0.1) is 0 Å². The highest BCUT2D eigenvalue weighted by Crippen LogP contribution is 2.35. The minimum Gasteiger partial charge on any atom is -0.394 e. The zero-order valence-corrected chi connectivity index (χ0v) is 16.4. The maximum Gasteiger partial charge on any atom is 0.235 e. The second-order valence-electron chi connectivity index (χ2n) is 7.84. The van der Waals surface area contributed by atoms with Gasteiger partial charge in [0.25, 0.3) is 0 Å². The summed E-state index contributed by atoms with van der Waals surface area (Å²) < 4.78 is 8.91. The smallest absolute Gasteiger partial charge is 0.235 e. The SMILES string of the molecule is OC[C@H]1OC(n2c(-n3cccn3)nc3c(NC4CCCCC4)ncnc32)[C@H](O)[C@@H]1O. The van der Waals surface area contributed by atoms with Crippen LogP contribution in [0.15, 0.2) is 24.8 Å². The summed E-state index contributed by atoms with van der Waals surface area (Å²) in [7, 11) is 0. The lowest BCUT2D eigenvalue weighted by Gasteiger charge is -2.23. The fourth-order valence-corrected chi connectivity index (χ4v) is 4.32. The van der Waals surface area contributed by atoms with Gasteiger partial charge in [-0.15, -0.1) is 0 Å². The average Bonchev–Trinajstić information content (AvgIpc) is 3.48. The Morgan fingerprint density at radius 1 is 1.13 bits per heavy atom. The van der Waals surface area contributed by atoms with E-state index in [0.29, 0.717) is 29.0 Å². The molecule has 1 aliphatic heterocycles. The molecule has 4 atom stereocenters. The predicted molar refractivity (Wildman–Crippen MR) is 106 cm³/mol. The van der Waals surface area contributed by atoms with Crippen molar-refractivity contribution in [1.82, 2.24) is 29.3 Å². The Hall–Kier alpha value is -2.60. The van der Waals surface area contributed by atoms with Crippen molar-refractivity contribution in [1.29, 1.82) is 0 Å². The van der Waals surface area contributed by atoms with E-state index in [9.17, 15) is 15.3 Å². The van der Waals surface area contributed by atoms with Crippen molar-refractivity contribution in [2.75, 3.05) is 11.9 Å². The monoisotopic (exact) mass is 415 g/mol. The van der Waals surface area contributed by atoms with Crippen molar-refractivity contribution >= 4 is 17.0 Å². The Morgan fingerprint density at radius 2 is 1.97 bits per heavy atom. The van der Waals surface area contributed by atoms with E-state index in [-0.39, 0.29) is 0 Å². The lowest BCUT2D eigenvalue weighted by molar-refractivity contribution is -0.0511. The van der Waals surface area contributed by atoms with Crippen LogP contribution in [0.5, 0.6) is 0 Å². The molecule has 4 N–H and O–H groups in total. The molecule has 11 nitrogen and oxygen atoms in total. The third kappa shape index (κ3) is 3.23. The summed E-state index contributed by atoms with van der Waals surface area (Å²) in [5, 5.41) is 38.1. The lowest BCUT2D eigenvalue weighted by Crippen LogP contribution is -2.33. The van der Waals surface area contributed by atoms with Crippen LogP contribution in [-0.4, -0.2) is 75.6 Å². The van der Waals surface area contributed by atoms with Gasteiger partial charge in [-0.1, -0.05) is 19.3 Å². The molecule has 5 rings (SSSR count). The van der Waals surface area contributed by atoms with Crippen LogP contribution in [0.3, 0.4) is 0 Å². The molecule has 4 heterocycles. The largest absolute Gasteiger partial charge is 0.394 e. The summed E-state index contributed by atoms with van der Waals surface area (Å²) >= 11 is 0. The van der Waals surface area contributed by atoms with Gasteiger partial charge in [0.2, 0.25) is 5.95 Å². The zero-order chi connectivity index (χ0) is 20.7. The summed E-state index contributed by atoms with van der Waals surface area (Å²) in [5.41, 5.74) is 0.981. The van der Waals surface area contributed by atoms with Crippen LogP contribution in [0.2, 0.25) is 0 Å². The molecule has 2 aliphatic rings. The maximum atomic E-state index is 10.6. The van der Waals surface area contributed by atoms with Crippen molar-refractivity contribution in [2.24, 2.45) is 0 Å². The number of hydrogen-bond acceptors (Lipinski definition) is 9. The third-order valence-corrected chi connectivity index (χ3v) is 5.89. The van der Waals surface area contributed by atoms with Crippen molar-refractivity contribution in [3.63, 3.8) is 0 Å². The minimum atomic E-state index is -1.27. The van der Waals surface area contributed by atoms with E-state index in [1.54, 1.807) is 27.7 Å². The highest BCUT2D eigenvalue weighted by molar-refractivity contribution is 5.84. The van der Waals surface area contributed by atoms with Crippen molar-refractivity contribution in [2.45, 2.75) is 62.7 Å². The van der Waals surface area contributed by atoms with E-state index in [1.165, 1.54) is 25.6 Å². The number of aromatic nitrogens is 6. The normalized spacial score (nSPS) is 27.7. The molecule has 2 fully saturated rings. The van der Waals surface area contributed by atoms with Gasteiger partial charge in [0, 0.05) is 18.4 Å². The number of hydrogen-bond donors (Lipinski definition) is 4. The first-order valence-corrected chi connectivity index (χ1v) is 10.3. The lowest BCUT2D eigenvalue weighted by atomic mass is 9.95. The fraction of sp³-hybridized carbons (Fsp3) is 0.579. The third-order valence-electron chi connectivity index (χ3n) is 5.89. The van der Waals surface area contributed by atoms with Crippen LogP contribution in [0.1, 0.15) is 38.3 Å². The second kappa shape index (κ2) is 7.91. The summed E-state index contributed by atoms with van der Waals surface area (Å²) in [5.74, 6) is 0.989. The molecule has 0 spiro atoms. The molecule has 1 saturated heterocycles. The molecule has 1 saturated carbocycles. The summed E-state index contributed by atoms with van der Waals surface area (Å²) in [6, 6.07) is 2.08. The Labute approximate surface area is 172 Å². The molecule has 0 aromatic carbocycles. The van der Waals surface area contributed by atoms with Crippen LogP contribution >= 0.6 is 0 Å². The van der Waals surface area contributed by atoms with E-state index in [4.69, 9.17) is 9.72 Å². The number of nitrogens with one attached hydrogen (secondary N) is 1. The Morgan fingerprint density at radius 3 is 2.67 bits per heavy atom. The van der Waals surface area contributed by atoms with Crippen LogP contribution in [0.4, 0.5) is 5.82 Å². The molecule has 30 heavy (non-hydrogen) atoms. The van der Waals surface area contributed by atoms with Crippen molar-refractivity contribution in [3.8, 4) is 5.95 Å². The Kier molecular flexibility index (Phi) is 5.11. The van der Waals surface area contributed by atoms with Gasteiger partial charge in [-0.05, 0) is 18.9 Å². The quantitative estimate of drug-likeness (QED) is 0.464. The molecule has 160 valence electrons. The topological polar surface area (TPSA) is 143 Å². The molecule has 3 aromatic rings. The molecule has 3 aromatic heterocycles. The second-order valence-corrected chi connectivity index (χ2v) is 7.84. The van der Waals surface area contributed by atoms with Gasteiger partial charge >= 0.3 is 0 Å². The molecule has 1 aliphatic carbocycles. The number of anilines is 1. The molecule has 0 amide bonds. The molecule has 0 bridgehead atoms. The van der Waals surface area contributed by atoms with Gasteiger partial charge in [-0.2, -0.15) is 5.10 Å². The average molecular weight is 415 g/mol. The van der Waals surface area contributed by atoms with Gasteiger partial charge in [0.1, 0.15) is 24.6 Å². The fourth-order valence-electron chi connectivity index (χ4n) is 4.32. The minimum absolute atomic E-state index is 0.323. The van der Waals surface area contributed by atoms with Crippen molar-refractivity contribution < 1.29 is 20.1 Å². The van der Waals surface area contributed by atoms with E-state index in [1.807, 2.05) is 0 Å². The standard InChI is InChI=1S/C19H25N7O4/c27-9-12-14(28)15(29)18(30-12)26-17-13(24-19(26)25-8-4-7-22-25)16(20-10-21-17)23-11-5-2-1-3-6-11/h4,7-8,10-12,14-15,18,27-29H,1-3,5-6,9H2,(H,20,21,23)/t12-,14-,15-,18?/m1/s1. The molecular weight excluding hydrogens is 390 g/mol. The maximum absolute atomic E-state index is 10.6. The van der Waals surface area contributed by atoms with E-state index in [2.05, 4.69) is 20.4 Å². The van der Waals surface area contributed by atoms with Gasteiger partial charge in [0.05, 0.1) is 6.61 Å². The highest BCUT2D eigenvalue weighted by atomic mass is 16.6. The number of aliphatic hydroxyl groups is 3. The first-order valence-electron chi connectivity index (χ1n) is 10.3. The number of nitrogens with zero attached hydrogens (tertiary/aromatic N) is 6. The van der Waals surface area contributed by atoms with Crippen LogP contribution < -0.4 is 5.32 Å². The van der Waals surface area contributed by atoms with E-state index in [0.717, 1.165) is 12.8 Å². The van der Waals surface area contributed by atoms with Crippen LogP contribution in [-0.2, 0) is 4.74 Å². The van der Waals surface area contributed by atoms with Gasteiger partial charge in [-0.3, -0.25) is 4.57 Å². The van der Waals surface area contributed by atoms with E-state index >= 15 is 0 Å². The number of aliphatic hydroxyl groups excluding tert-OH is 3.